The molecule has 3 rings (SSSR count). The van der Waals surface area contributed by atoms with Gasteiger partial charge in [-0.05, 0) is 36.4 Å². The van der Waals surface area contributed by atoms with Gasteiger partial charge in [0, 0.05) is 30.8 Å². The van der Waals surface area contributed by atoms with E-state index in [1.807, 2.05) is 43.4 Å². The maximum Gasteiger partial charge on any atom is 0.227 e. The average molecular weight is 300 g/mol. The Morgan fingerprint density at radius 3 is 2.73 bits per heavy atom. The zero-order valence-electron chi connectivity index (χ0n) is 12.3. The Hall–Kier alpha value is -2.56. The Kier molecular flexibility index (Phi) is 4.23. The quantitative estimate of drug-likeness (QED) is 0.690. The summed E-state index contributed by atoms with van der Waals surface area (Å²) in [5.74, 6) is 1.23. The predicted molar refractivity (Wildman–Crippen MR) is 85.1 cm³/mol. The van der Waals surface area contributed by atoms with Gasteiger partial charge in [0.25, 0.3) is 0 Å². The van der Waals surface area contributed by atoms with E-state index in [0.717, 1.165) is 16.8 Å². The van der Waals surface area contributed by atoms with Crippen LogP contribution >= 0.6 is 0 Å². The molecule has 0 unspecified atom stereocenters. The van der Waals surface area contributed by atoms with Crippen molar-refractivity contribution in [3.63, 3.8) is 0 Å². The monoisotopic (exact) mass is 300 g/mol. The molecule has 0 radical (unpaired) electrons. The maximum absolute atomic E-state index is 12.1. The first kappa shape index (κ1) is 14.4. The molecule has 0 amide bonds. The number of hydrogen-bond donors (Lipinski definition) is 1. The summed E-state index contributed by atoms with van der Waals surface area (Å²) < 4.78 is 23.3. The second-order valence-corrected chi connectivity index (χ2v) is 4.87. The number of nitrogens with one attached hydrogen (secondary N) is 1. The second-order valence-electron chi connectivity index (χ2n) is 4.87. The lowest BCUT2D eigenvalue weighted by Crippen LogP contribution is -1.97. The van der Waals surface area contributed by atoms with Crippen molar-refractivity contribution >= 4 is 16.8 Å². The summed E-state index contributed by atoms with van der Waals surface area (Å²) in [6, 6.07) is 13.3. The Morgan fingerprint density at radius 1 is 1.18 bits per heavy atom. The topological polar surface area (TPSA) is 47.3 Å². The largest absolute Gasteiger partial charge is 0.493 e. The van der Waals surface area contributed by atoms with Crippen molar-refractivity contribution < 1.29 is 13.5 Å². The van der Waals surface area contributed by atoms with Crippen molar-refractivity contribution in [2.75, 3.05) is 25.6 Å². The summed E-state index contributed by atoms with van der Waals surface area (Å²) in [7, 11) is 1.87. The summed E-state index contributed by atoms with van der Waals surface area (Å²) in [4.78, 5) is 4.47. The summed E-state index contributed by atoms with van der Waals surface area (Å²) in [6.07, 6.45) is 0.386. The first-order chi connectivity index (χ1) is 10.8. The van der Waals surface area contributed by atoms with Gasteiger partial charge in [0.1, 0.15) is 11.3 Å². The number of anilines is 1. The van der Waals surface area contributed by atoms with Crippen LogP contribution in [-0.4, -0.2) is 25.3 Å². The van der Waals surface area contributed by atoms with E-state index in [9.17, 15) is 4.39 Å². The van der Waals surface area contributed by atoms with E-state index >= 15 is 0 Å². The number of benzene rings is 2. The molecule has 0 saturated carbocycles. The van der Waals surface area contributed by atoms with E-state index < -0.39 is 0 Å². The number of nitrogens with zero attached hydrogens (tertiary/aromatic N) is 1. The van der Waals surface area contributed by atoms with E-state index in [4.69, 9.17) is 9.15 Å². The van der Waals surface area contributed by atoms with Crippen molar-refractivity contribution in [3.8, 4) is 17.2 Å². The van der Waals surface area contributed by atoms with E-state index in [0.29, 0.717) is 30.3 Å². The lowest BCUT2D eigenvalue weighted by Gasteiger charge is -2.03. The summed E-state index contributed by atoms with van der Waals surface area (Å²) in [5.41, 5.74) is 3.37. The molecule has 1 heterocycles. The highest BCUT2D eigenvalue weighted by atomic mass is 19.1. The van der Waals surface area contributed by atoms with Crippen LogP contribution in [0.2, 0.25) is 0 Å². The normalized spacial score (nSPS) is 10.8. The Labute approximate surface area is 127 Å². The molecule has 0 spiro atoms. The number of aromatic nitrogens is 1. The van der Waals surface area contributed by atoms with Crippen LogP contribution in [0.4, 0.5) is 10.1 Å². The molecule has 0 fully saturated rings. The van der Waals surface area contributed by atoms with Crippen LogP contribution in [0, 0.1) is 0 Å². The highest BCUT2D eigenvalue weighted by molar-refractivity contribution is 5.77. The molecule has 5 heteroatoms. The SMILES string of the molecule is CNc1ccc(-c2nc3ccc(OCCCF)cc3o2)cc1. The first-order valence-electron chi connectivity index (χ1n) is 7.17. The molecule has 1 N–H and O–H groups in total. The molecule has 0 saturated heterocycles. The molecule has 0 atom stereocenters. The number of hydrogen-bond acceptors (Lipinski definition) is 4. The van der Waals surface area contributed by atoms with E-state index in [1.165, 1.54) is 0 Å². The molecule has 0 aliphatic heterocycles. The second kappa shape index (κ2) is 6.47. The zero-order chi connectivity index (χ0) is 15.4. The van der Waals surface area contributed by atoms with Gasteiger partial charge >= 0.3 is 0 Å². The Bertz CT molecular complexity index is 753. The van der Waals surface area contributed by atoms with Crippen LogP contribution in [0.5, 0.6) is 5.75 Å². The van der Waals surface area contributed by atoms with Gasteiger partial charge in [-0.2, -0.15) is 0 Å². The van der Waals surface area contributed by atoms with E-state index in [2.05, 4.69) is 10.3 Å². The molecule has 22 heavy (non-hydrogen) atoms. The van der Waals surface area contributed by atoms with Gasteiger partial charge in [-0.1, -0.05) is 0 Å². The molecule has 1 aromatic heterocycles. The molecule has 114 valence electrons. The fourth-order valence-electron chi connectivity index (χ4n) is 2.14. The van der Waals surface area contributed by atoms with Gasteiger partial charge in [0.05, 0.1) is 13.3 Å². The number of halogens is 1. The van der Waals surface area contributed by atoms with Gasteiger partial charge in [0.2, 0.25) is 5.89 Å². The molecule has 4 nitrogen and oxygen atoms in total. The van der Waals surface area contributed by atoms with Crippen LogP contribution < -0.4 is 10.1 Å². The first-order valence-corrected chi connectivity index (χ1v) is 7.17. The van der Waals surface area contributed by atoms with Crippen LogP contribution in [0.25, 0.3) is 22.6 Å². The number of alkyl halides is 1. The molecular formula is C17H17FN2O2. The smallest absolute Gasteiger partial charge is 0.227 e. The fraction of sp³-hybridized carbons (Fsp3) is 0.235. The minimum Gasteiger partial charge on any atom is -0.493 e. The van der Waals surface area contributed by atoms with Gasteiger partial charge < -0.3 is 14.5 Å². The van der Waals surface area contributed by atoms with E-state index in [1.54, 1.807) is 6.07 Å². The van der Waals surface area contributed by atoms with Crippen LogP contribution in [-0.2, 0) is 0 Å². The van der Waals surface area contributed by atoms with Gasteiger partial charge in [0.15, 0.2) is 5.58 Å². The number of oxazole rings is 1. The fourth-order valence-corrected chi connectivity index (χ4v) is 2.14. The van der Waals surface area contributed by atoms with Crippen molar-refractivity contribution in [2.45, 2.75) is 6.42 Å². The van der Waals surface area contributed by atoms with Crippen molar-refractivity contribution in [2.24, 2.45) is 0 Å². The maximum atomic E-state index is 12.1. The third kappa shape index (κ3) is 3.03. The summed E-state index contributed by atoms with van der Waals surface area (Å²) in [5, 5.41) is 3.07. The van der Waals surface area contributed by atoms with Crippen LogP contribution in [0.3, 0.4) is 0 Å². The Morgan fingerprint density at radius 2 is 2.00 bits per heavy atom. The molecular weight excluding hydrogens is 283 g/mol. The highest BCUT2D eigenvalue weighted by Crippen LogP contribution is 2.27. The minimum absolute atomic E-state index is 0.356. The molecule has 0 bridgehead atoms. The number of fused-ring (bicyclic) bond motifs is 1. The lowest BCUT2D eigenvalue weighted by molar-refractivity contribution is 0.290. The van der Waals surface area contributed by atoms with Crippen molar-refractivity contribution in [3.05, 3.63) is 42.5 Å². The van der Waals surface area contributed by atoms with Gasteiger partial charge in [-0.25, -0.2) is 4.98 Å². The van der Waals surface area contributed by atoms with Gasteiger partial charge in [-0.3, -0.25) is 4.39 Å². The predicted octanol–water partition coefficient (Wildman–Crippen LogP) is 4.27. The molecule has 0 aliphatic carbocycles. The number of ether oxygens (including phenoxy) is 1. The standard InChI is InChI=1S/C17H17FN2O2/c1-19-13-5-3-12(4-6-13)17-20-15-8-7-14(11-16(15)22-17)21-10-2-9-18/h3-8,11,19H,2,9-10H2,1H3. The summed E-state index contributed by atoms with van der Waals surface area (Å²) in [6.45, 7) is -0.0220. The molecule has 0 aliphatic rings. The third-order valence-corrected chi connectivity index (χ3v) is 3.33. The van der Waals surface area contributed by atoms with Crippen molar-refractivity contribution in [1.82, 2.24) is 4.98 Å². The third-order valence-electron chi connectivity index (χ3n) is 3.33. The zero-order valence-corrected chi connectivity index (χ0v) is 12.3. The highest BCUT2D eigenvalue weighted by Gasteiger charge is 2.09. The van der Waals surface area contributed by atoms with Crippen LogP contribution in [0.1, 0.15) is 6.42 Å². The van der Waals surface area contributed by atoms with E-state index in [-0.39, 0.29) is 6.67 Å². The summed E-state index contributed by atoms with van der Waals surface area (Å²) >= 11 is 0. The lowest BCUT2D eigenvalue weighted by atomic mass is 10.2. The molecule has 3 aromatic rings. The van der Waals surface area contributed by atoms with Gasteiger partial charge in [-0.15, -0.1) is 0 Å². The molecule has 2 aromatic carbocycles. The Balaban J connectivity index is 1.85. The van der Waals surface area contributed by atoms with Crippen LogP contribution in [0.15, 0.2) is 46.9 Å². The minimum atomic E-state index is -0.378. The number of rotatable bonds is 6. The van der Waals surface area contributed by atoms with Crippen molar-refractivity contribution in [1.29, 1.82) is 0 Å². The average Bonchev–Trinajstić information content (AvgIpc) is 2.98.